The van der Waals surface area contributed by atoms with E-state index in [2.05, 4.69) is 10.6 Å². The predicted octanol–water partition coefficient (Wildman–Crippen LogP) is 1.03. The molecule has 2 N–H and O–H groups in total. The second kappa shape index (κ2) is 4.61. The Morgan fingerprint density at radius 1 is 1.44 bits per heavy atom. The molecule has 0 aliphatic carbocycles. The van der Waals surface area contributed by atoms with Gasteiger partial charge in [-0.25, -0.2) is 8.42 Å². The van der Waals surface area contributed by atoms with Crippen LogP contribution < -0.4 is 10.6 Å². The van der Waals surface area contributed by atoms with Gasteiger partial charge in [-0.15, -0.1) is 0 Å². The highest BCUT2D eigenvalue weighted by Crippen LogP contribution is 2.25. The van der Waals surface area contributed by atoms with E-state index in [1.807, 2.05) is 12.1 Å². The average Bonchev–Trinajstić information content (AvgIpc) is 2.73. The molecule has 0 spiro atoms. The Kier molecular flexibility index (Phi) is 3.30. The van der Waals surface area contributed by atoms with E-state index < -0.39 is 21.0 Å². The SMILES string of the molecule is C[C@@H](C(=O)Nc1ccc2c(c1)CCN2)S(C)(=O)=O. The number of amides is 1. The first-order chi connectivity index (χ1) is 8.38. The van der Waals surface area contributed by atoms with Crippen molar-refractivity contribution >= 4 is 27.1 Å². The number of rotatable bonds is 3. The summed E-state index contributed by atoms with van der Waals surface area (Å²) in [6.07, 6.45) is 1.98. The summed E-state index contributed by atoms with van der Waals surface area (Å²) in [5, 5.41) is 4.81. The quantitative estimate of drug-likeness (QED) is 0.858. The lowest BCUT2D eigenvalue weighted by Crippen LogP contribution is -2.31. The van der Waals surface area contributed by atoms with Crippen molar-refractivity contribution in [2.45, 2.75) is 18.6 Å². The van der Waals surface area contributed by atoms with Crippen LogP contribution in [-0.4, -0.2) is 32.4 Å². The van der Waals surface area contributed by atoms with Gasteiger partial charge in [-0.1, -0.05) is 0 Å². The van der Waals surface area contributed by atoms with E-state index in [1.165, 1.54) is 6.92 Å². The number of sulfone groups is 1. The van der Waals surface area contributed by atoms with E-state index in [4.69, 9.17) is 0 Å². The van der Waals surface area contributed by atoms with E-state index in [-0.39, 0.29) is 0 Å². The highest BCUT2D eigenvalue weighted by atomic mass is 32.2. The standard InChI is InChI=1S/C12H16N2O3S/c1-8(18(2,16)17)12(15)14-10-3-4-11-9(7-10)5-6-13-11/h3-4,7-8,13H,5-6H2,1-2H3,(H,14,15)/t8-/m0/s1. The highest BCUT2D eigenvalue weighted by Gasteiger charge is 2.23. The van der Waals surface area contributed by atoms with Gasteiger partial charge < -0.3 is 10.6 Å². The fraction of sp³-hybridized carbons (Fsp3) is 0.417. The smallest absolute Gasteiger partial charge is 0.242 e. The zero-order valence-electron chi connectivity index (χ0n) is 10.4. The molecule has 1 heterocycles. The lowest BCUT2D eigenvalue weighted by molar-refractivity contribution is -0.115. The van der Waals surface area contributed by atoms with Gasteiger partial charge in [0.2, 0.25) is 5.91 Å². The van der Waals surface area contributed by atoms with Crippen LogP contribution in [-0.2, 0) is 21.1 Å². The molecule has 0 saturated carbocycles. The van der Waals surface area contributed by atoms with Crippen LogP contribution in [0, 0.1) is 0 Å². The first-order valence-corrected chi connectivity index (χ1v) is 7.70. The van der Waals surface area contributed by atoms with E-state index in [1.54, 1.807) is 6.07 Å². The molecule has 0 aromatic heterocycles. The molecule has 6 heteroatoms. The van der Waals surface area contributed by atoms with Crippen LogP contribution in [0.2, 0.25) is 0 Å². The number of anilines is 2. The topological polar surface area (TPSA) is 75.3 Å². The number of fused-ring (bicyclic) bond motifs is 1. The maximum atomic E-state index is 11.8. The first-order valence-electron chi connectivity index (χ1n) is 5.74. The monoisotopic (exact) mass is 268 g/mol. The minimum Gasteiger partial charge on any atom is -0.384 e. The Bertz CT molecular complexity index is 581. The van der Waals surface area contributed by atoms with Gasteiger partial charge in [0, 0.05) is 24.2 Å². The highest BCUT2D eigenvalue weighted by molar-refractivity contribution is 7.92. The molecule has 0 bridgehead atoms. The third-order valence-corrected chi connectivity index (χ3v) is 4.59. The van der Waals surface area contributed by atoms with Gasteiger partial charge in [-0.2, -0.15) is 0 Å². The molecule has 2 rings (SSSR count). The summed E-state index contributed by atoms with van der Waals surface area (Å²) < 4.78 is 22.6. The van der Waals surface area contributed by atoms with Crippen molar-refractivity contribution in [3.05, 3.63) is 23.8 Å². The van der Waals surface area contributed by atoms with Crippen LogP contribution >= 0.6 is 0 Å². The van der Waals surface area contributed by atoms with Crippen molar-refractivity contribution < 1.29 is 13.2 Å². The normalized spacial score (nSPS) is 15.7. The van der Waals surface area contributed by atoms with Crippen LogP contribution in [0.25, 0.3) is 0 Å². The molecule has 1 aromatic rings. The van der Waals surface area contributed by atoms with Gasteiger partial charge in [0.1, 0.15) is 5.25 Å². The van der Waals surface area contributed by atoms with Crippen molar-refractivity contribution in [3.63, 3.8) is 0 Å². The molecule has 5 nitrogen and oxygen atoms in total. The summed E-state index contributed by atoms with van der Waals surface area (Å²) in [5.41, 5.74) is 2.85. The Labute approximate surface area is 107 Å². The van der Waals surface area contributed by atoms with E-state index in [0.717, 1.165) is 30.5 Å². The molecular formula is C12H16N2O3S. The molecule has 0 saturated heterocycles. The summed E-state index contributed by atoms with van der Waals surface area (Å²) in [5.74, 6) is -0.497. The number of benzene rings is 1. The zero-order chi connectivity index (χ0) is 13.3. The van der Waals surface area contributed by atoms with Crippen LogP contribution in [0.4, 0.5) is 11.4 Å². The molecule has 1 atom stereocenters. The second-order valence-electron chi connectivity index (χ2n) is 4.51. The van der Waals surface area contributed by atoms with Crippen LogP contribution in [0.3, 0.4) is 0 Å². The minimum atomic E-state index is -3.36. The number of nitrogens with one attached hydrogen (secondary N) is 2. The average molecular weight is 268 g/mol. The first kappa shape index (κ1) is 12.9. The fourth-order valence-electron chi connectivity index (χ4n) is 1.82. The van der Waals surface area contributed by atoms with Gasteiger partial charge in [-0.3, -0.25) is 4.79 Å². The van der Waals surface area contributed by atoms with Crippen molar-refractivity contribution in [1.29, 1.82) is 0 Å². The lowest BCUT2D eigenvalue weighted by atomic mass is 10.1. The summed E-state index contributed by atoms with van der Waals surface area (Å²) in [6.45, 7) is 2.28. The maximum absolute atomic E-state index is 11.8. The van der Waals surface area contributed by atoms with Crippen molar-refractivity contribution in [2.75, 3.05) is 23.4 Å². The van der Waals surface area contributed by atoms with Gasteiger partial charge >= 0.3 is 0 Å². The van der Waals surface area contributed by atoms with Crippen LogP contribution in [0.5, 0.6) is 0 Å². The minimum absolute atomic E-state index is 0.497. The molecule has 1 aliphatic rings. The van der Waals surface area contributed by atoms with Crippen LogP contribution in [0.15, 0.2) is 18.2 Å². The number of hydrogen-bond acceptors (Lipinski definition) is 4. The van der Waals surface area contributed by atoms with Gasteiger partial charge in [-0.05, 0) is 37.1 Å². The number of carbonyl (C=O) groups excluding carboxylic acids is 1. The molecule has 18 heavy (non-hydrogen) atoms. The molecule has 98 valence electrons. The Balaban J connectivity index is 2.13. The Morgan fingerprint density at radius 2 is 2.17 bits per heavy atom. The van der Waals surface area contributed by atoms with E-state index in [0.29, 0.717) is 5.69 Å². The lowest BCUT2D eigenvalue weighted by Gasteiger charge is -2.11. The second-order valence-corrected chi connectivity index (χ2v) is 6.88. The molecule has 1 aliphatic heterocycles. The van der Waals surface area contributed by atoms with Gasteiger partial charge in [0.05, 0.1) is 0 Å². The molecule has 0 radical (unpaired) electrons. The van der Waals surface area contributed by atoms with Crippen molar-refractivity contribution in [1.82, 2.24) is 0 Å². The largest absolute Gasteiger partial charge is 0.384 e. The number of carbonyl (C=O) groups is 1. The van der Waals surface area contributed by atoms with Crippen molar-refractivity contribution in [2.24, 2.45) is 0 Å². The van der Waals surface area contributed by atoms with Crippen LogP contribution in [0.1, 0.15) is 12.5 Å². The third-order valence-electron chi connectivity index (χ3n) is 3.09. The summed E-state index contributed by atoms with van der Waals surface area (Å²) in [7, 11) is -3.36. The van der Waals surface area contributed by atoms with Gasteiger partial charge in [0.15, 0.2) is 9.84 Å². The van der Waals surface area contributed by atoms with E-state index >= 15 is 0 Å². The van der Waals surface area contributed by atoms with Gasteiger partial charge in [0.25, 0.3) is 0 Å². The summed E-state index contributed by atoms with van der Waals surface area (Å²) in [4.78, 5) is 11.8. The molecule has 0 unspecified atom stereocenters. The summed E-state index contributed by atoms with van der Waals surface area (Å²) in [6, 6.07) is 5.54. The fourth-order valence-corrected chi connectivity index (χ4v) is 2.27. The molecular weight excluding hydrogens is 252 g/mol. The Morgan fingerprint density at radius 3 is 2.83 bits per heavy atom. The molecule has 1 amide bonds. The number of hydrogen-bond donors (Lipinski definition) is 2. The van der Waals surface area contributed by atoms with Crippen molar-refractivity contribution in [3.8, 4) is 0 Å². The summed E-state index contributed by atoms with van der Waals surface area (Å²) >= 11 is 0. The third kappa shape index (κ3) is 2.64. The predicted molar refractivity (Wildman–Crippen MR) is 71.6 cm³/mol. The zero-order valence-corrected chi connectivity index (χ0v) is 11.2. The Hall–Kier alpha value is -1.56. The van der Waals surface area contributed by atoms with E-state index in [9.17, 15) is 13.2 Å². The molecule has 0 fully saturated rings. The molecule has 1 aromatic carbocycles. The maximum Gasteiger partial charge on any atom is 0.242 e.